The summed E-state index contributed by atoms with van der Waals surface area (Å²) in [6, 6.07) is 19.5. The number of hydrogen-bond acceptors (Lipinski definition) is 5. The van der Waals surface area contributed by atoms with E-state index in [0.29, 0.717) is 12.1 Å². The molecule has 8 heteroatoms. The number of aromatic nitrogens is 1. The number of para-hydroxylation sites is 1. The molecule has 0 bridgehead atoms. The lowest BCUT2D eigenvalue weighted by molar-refractivity contribution is -0.120. The molecule has 7 nitrogen and oxygen atoms in total. The van der Waals surface area contributed by atoms with Gasteiger partial charge >= 0.3 is 0 Å². The average Bonchev–Trinajstić information content (AvgIpc) is 3.04. The molecule has 1 aliphatic carbocycles. The molecule has 4 N–H and O–H groups in total. The van der Waals surface area contributed by atoms with Gasteiger partial charge in [0.25, 0.3) is 5.91 Å². The number of nitrogens with one attached hydrogen (secondary N) is 4. The van der Waals surface area contributed by atoms with Gasteiger partial charge in [-0.1, -0.05) is 48.7 Å². The molecule has 0 radical (unpaired) electrons. The maximum atomic E-state index is 12.9. The van der Waals surface area contributed by atoms with Crippen LogP contribution in [0.2, 0.25) is 5.02 Å². The second kappa shape index (κ2) is 15.8. The number of nitrogens with zero attached hydrogens (tertiary/aromatic N) is 1. The number of rotatable bonds is 14. The Bertz CT molecular complexity index is 1650. The van der Waals surface area contributed by atoms with Crippen LogP contribution in [0, 0.1) is 13.8 Å². The first-order valence-corrected chi connectivity index (χ1v) is 16.6. The third-order valence-electron chi connectivity index (χ3n) is 8.64. The summed E-state index contributed by atoms with van der Waals surface area (Å²) in [7, 11) is 0. The van der Waals surface area contributed by atoms with Gasteiger partial charge in [0.15, 0.2) is 0 Å². The van der Waals surface area contributed by atoms with Gasteiger partial charge in [-0.25, -0.2) is 0 Å². The molecule has 0 saturated carbocycles. The molecule has 236 valence electrons. The summed E-state index contributed by atoms with van der Waals surface area (Å²) in [5, 5.41) is 14.9. The summed E-state index contributed by atoms with van der Waals surface area (Å²) in [4.78, 5) is 30.2. The minimum atomic E-state index is -0.200. The fourth-order valence-corrected chi connectivity index (χ4v) is 6.11. The zero-order chi connectivity index (χ0) is 31.6. The van der Waals surface area contributed by atoms with Crippen LogP contribution in [-0.4, -0.2) is 36.4 Å². The Labute approximate surface area is 271 Å². The van der Waals surface area contributed by atoms with Crippen molar-refractivity contribution in [3.8, 4) is 0 Å². The third-order valence-corrected chi connectivity index (χ3v) is 8.87. The van der Waals surface area contributed by atoms with Crippen LogP contribution in [0.1, 0.15) is 77.7 Å². The van der Waals surface area contributed by atoms with Gasteiger partial charge < -0.3 is 21.3 Å². The molecule has 1 heterocycles. The molecule has 5 rings (SSSR count). The lowest BCUT2D eigenvalue weighted by atomic mass is 9.92. The maximum Gasteiger partial charge on any atom is 0.253 e. The lowest BCUT2D eigenvalue weighted by Gasteiger charge is -2.22. The molecule has 4 aromatic rings. The number of halogens is 1. The monoisotopic (exact) mass is 625 g/mol. The Morgan fingerprint density at radius 3 is 2.47 bits per heavy atom. The van der Waals surface area contributed by atoms with Crippen LogP contribution in [0.25, 0.3) is 10.9 Å². The first-order valence-electron chi connectivity index (χ1n) is 16.2. The van der Waals surface area contributed by atoms with Crippen LogP contribution in [0.15, 0.2) is 60.7 Å². The van der Waals surface area contributed by atoms with Crippen LogP contribution in [0.3, 0.4) is 0 Å². The minimum Gasteiger partial charge on any atom is -0.384 e. The molecule has 3 aromatic carbocycles. The Morgan fingerprint density at radius 1 is 0.822 bits per heavy atom. The van der Waals surface area contributed by atoms with Gasteiger partial charge in [-0.15, -0.1) is 0 Å². The fourth-order valence-electron chi connectivity index (χ4n) is 5.94. The van der Waals surface area contributed by atoms with Crippen LogP contribution in [-0.2, 0) is 17.6 Å². The van der Waals surface area contributed by atoms with Crippen LogP contribution in [0.4, 0.5) is 17.1 Å². The predicted octanol–water partition coefficient (Wildman–Crippen LogP) is 8.04. The third kappa shape index (κ3) is 8.54. The van der Waals surface area contributed by atoms with Crippen LogP contribution in [0.5, 0.6) is 0 Å². The summed E-state index contributed by atoms with van der Waals surface area (Å²) in [5.41, 5.74) is 9.36. The SMILES string of the molecule is Cc1cccc(Nc2ccccc2C(=O)NCCC(=O)NCCCCCCNc2c3c(nc4cc(Cl)ccc24)CCCC3)c1C. The first kappa shape index (κ1) is 32.3. The summed E-state index contributed by atoms with van der Waals surface area (Å²) in [5.74, 6) is -0.248. The average molecular weight is 626 g/mol. The Hall–Kier alpha value is -4.10. The smallest absolute Gasteiger partial charge is 0.253 e. The normalized spacial score (nSPS) is 12.4. The van der Waals surface area contributed by atoms with Gasteiger partial charge in [-0.2, -0.15) is 0 Å². The Balaban J connectivity index is 0.984. The van der Waals surface area contributed by atoms with Crippen molar-refractivity contribution in [2.45, 2.75) is 71.6 Å². The van der Waals surface area contributed by atoms with Gasteiger partial charge in [-0.3, -0.25) is 14.6 Å². The Kier molecular flexibility index (Phi) is 11.3. The van der Waals surface area contributed by atoms with E-state index in [1.165, 1.54) is 35.3 Å². The van der Waals surface area contributed by atoms with E-state index >= 15 is 0 Å². The molecule has 0 saturated heterocycles. The van der Waals surface area contributed by atoms with Gasteiger partial charge in [0.1, 0.15) is 0 Å². The van der Waals surface area contributed by atoms with E-state index in [1.54, 1.807) is 6.07 Å². The summed E-state index contributed by atoms with van der Waals surface area (Å²) in [6.07, 6.45) is 8.89. The Morgan fingerprint density at radius 2 is 1.60 bits per heavy atom. The highest BCUT2D eigenvalue weighted by Crippen LogP contribution is 2.34. The van der Waals surface area contributed by atoms with E-state index in [1.807, 2.05) is 42.5 Å². The highest BCUT2D eigenvalue weighted by molar-refractivity contribution is 6.31. The first-order chi connectivity index (χ1) is 21.9. The molecule has 1 aromatic heterocycles. The highest BCUT2D eigenvalue weighted by atomic mass is 35.5. The van der Waals surface area contributed by atoms with Crippen molar-refractivity contribution < 1.29 is 9.59 Å². The second-order valence-corrected chi connectivity index (χ2v) is 12.3. The van der Waals surface area contributed by atoms with Crippen molar-refractivity contribution in [1.29, 1.82) is 0 Å². The van der Waals surface area contributed by atoms with Crippen molar-refractivity contribution in [3.63, 3.8) is 0 Å². The zero-order valence-electron chi connectivity index (χ0n) is 26.4. The van der Waals surface area contributed by atoms with Gasteiger partial charge in [0.05, 0.1) is 16.8 Å². The number of unbranched alkanes of at least 4 members (excludes halogenated alkanes) is 3. The van der Waals surface area contributed by atoms with Crippen LogP contribution >= 0.6 is 11.6 Å². The van der Waals surface area contributed by atoms with Crippen molar-refractivity contribution in [3.05, 3.63) is 93.6 Å². The van der Waals surface area contributed by atoms with Crippen LogP contribution < -0.4 is 21.3 Å². The largest absolute Gasteiger partial charge is 0.384 e. The molecule has 0 atom stereocenters. The summed E-state index contributed by atoms with van der Waals surface area (Å²) >= 11 is 6.25. The molecule has 0 fully saturated rings. The van der Waals surface area contributed by atoms with E-state index in [4.69, 9.17) is 16.6 Å². The number of carbonyl (C=O) groups excluding carboxylic acids is 2. The van der Waals surface area contributed by atoms with Gasteiger partial charge in [0, 0.05) is 53.5 Å². The van der Waals surface area contributed by atoms with Crippen molar-refractivity contribution in [2.75, 3.05) is 30.3 Å². The summed E-state index contributed by atoms with van der Waals surface area (Å²) in [6.45, 7) is 5.96. The van der Waals surface area contributed by atoms with E-state index in [0.717, 1.165) is 77.9 Å². The molecule has 1 aliphatic rings. The van der Waals surface area contributed by atoms with Crippen molar-refractivity contribution in [2.24, 2.45) is 0 Å². The number of aryl methyl sites for hydroxylation is 2. The standard InChI is InChI=1S/C37H44ClN5O2/c1-25-12-11-17-31(26(25)2)42-33-16-8-6-14-30(33)37(45)41-23-20-35(44)39-21-9-3-4-10-22-40-36-28-13-5-7-15-32(28)43-34-24-27(38)18-19-29(34)36/h6,8,11-12,14,16-19,24,42H,3-5,7,9-10,13,15,20-23H2,1-2H3,(H,39,44)(H,40,43)(H,41,45). The molecule has 0 aliphatic heterocycles. The topological polar surface area (TPSA) is 95.2 Å². The minimum absolute atomic E-state index is 0.0480. The number of benzene rings is 3. The number of anilines is 3. The molecular formula is C37H44ClN5O2. The fraction of sp³-hybridized carbons (Fsp3) is 0.378. The summed E-state index contributed by atoms with van der Waals surface area (Å²) < 4.78 is 0. The molecular weight excluding hydrogens is 582 g/mol. The van der Waals surface area contributed by atoms with Gasteiger partial charge in [-0.05, 0) is 105 Å². The van der Waals surface area contributed by atoms with E-state index in [-0.39, 0.29) is 24.8 Å². The number of pyridine rings is 1. The zero-order valence-corrected chi connectivity index (χ0v) is 27.2. The highest BCUT2D eigenvalue weighted by Gasteiger charge is 2.18. The second-order valence-electron chi connectivity index (χ2n) is 11.9. The maximum absolute atomic E-state index is 12.9. The number of amides is 2. The van der Waals surface area contributed by atoms with Crippen molar-refractivity contribution in [1.82, 2.24) is 15.6 Å². The quantitative estimate of drug-likeness (QED) is 0.106. The molecule has 0 unspecified atom stereocenters. The molecule has 45 heavy (non-hydrogen) atoms. The van der Waals surface area contributed by atoms with Crippen molar-refractivity contribution >= 4 is 51.4 Å². The molecule has 0 spiro atoms. The van der Waals surface area contributed by atoms with E-state index in [2.05, 4.69) is 47.2 Å². The number of carbonyl (C=O) groups is 2. The van der Waals surface area contributed by atoms with Gasteiger partial charge in [0.2, 0.25) is 5.91 Å². The lowest BCUT2D eigenvalue weighted by Crippen LogP contribution is -2.31. The number of fused-ring (bicyclic) bond motifs is 2. The predicted molar refractivity (Wildman–Crippen MR) is 186 cm³/mol. The molecule has 2 amide bonds. The van der Waals surface area contributed by atoms with E-state index in [9.17, 15) is 9.59 Å². The van der Waals surface area contributed by atoms with E-state index < -0.39 is 0 Å². The number of hydrogen-bond donors (Lipinski definition) is 4.